The van der Waals surface area contributed by atoms with Crippen molar-refractivity contribution < 1.29 is 17.9 Å². The molecule has 0 fully saturated rings. The Bertz CT molecular complexity index is 347. The van der Waals surface area contributed by atoms with E-state index in [2.05, 4.69) is 6.92 Å². The van der Waals surface area contributed by atoms with E-state index in [4.69, 9.17) is 4.74 Å². The van der Waals surface area contributed by atoms with E-state index in [1.54, 1.807) is 6.07 Å². The number of alkyl halides is 3. The van der Waals surface area contributed by atoms with Crippen LogP contribution in [0.3, 0.4) is 0 Å². The van der Waals surface area contributed by atoms with Gasteiger partial charge in [-0.2, -0.15) is 13.2 Å². The van der Waals surface area contributed by atoms with E-state index < -0.39 is 11.7 Å². The number of para-hydroxylation sites is 1. The summed E-state index contributed by atoms with van der Waals surface area (Å²) in [4.78, 5) is 0. The summed E-state index contributed by atoms with van der Waals surface area (Å²) in [5, 5.41) is 0. The fourth-order valence-electron chi connectivity index (χ4n) is 1.71. The highest BCUT2D eigenvalue weighted by atomic mass is 19.4. The zero-order valence-corrected chi connectivity index (χ0v) is 10.6. The van der Waals surface area contributed by atoms with Gasteiger partial charge in [0.05, 0.1) is 12.2 Å². The van der Waals surface area contributed by atoms with Crippen molar-refractivity contribution in [2.75, 3.05) is 6.61 Å². The van der Waals surface area contributed by atoms with Crippen LogP contribution in [0.25, 0.3) is 0 Å². The maximum absolute atomic E-state index is 12.6. The number of unbranched alkanes of at least 4 members (excludes halogenated alkanes) is 4. The second-order valence-corrected chi connectivity index (χ2v) is 4.26. The predicted molar refractivity (Wildman–Crippen MR) is 65.7 cm³/mol. The van der Waals surface area contributed by atoms with Crippen LogP contribution in [-0.4, -0.2) is 6.61 Å². The van der Waals surface area contributed by atoms with Gasteiger partial charge in [-0.05, 0) is 18.6 Å². The van der Waals surface area contributed by atoms with Crippen molar-refractivity contribution in [2.24, 2.45) is 0 Å². The van der Waals surface area contributed by atoms with Crippen LogP contribution >= 0.6 is 0 Å². The molecule has 18 heavy (non-hydrogen) atoms. The summed E-state index contributed by atoms with van der Waals surface area (Å²) in [6, 6.07) is 5.35. The average molecular weight is 260 g/mol. The van der Waals surface area contributed by atoms with Crippen LogP contribution in [0.1, 0.15) is 44.6 Å². The minimum absolute atomic E-state index is 0.0690. The lowest BCUT2D eigenvalue weighted by molar-refractivity contribution is -0.138. The third-order valence-electron chi connectivity index (χ3n) is 2.70. The summed E-state index contributed by atoms with van der Waals surface area (Å²) in [7, 11) is 0. The standard InChI is InChI=1S/C14H19F3O/c1-2-3-4-5-8-11-18-13-10-7-6-9-12(13)14(15,16)17/h6-7,9-10H,2-5,8,11H2,1H3. The third-order valence-corrected chi connectivity index (χ3v) is 2.70. The quantitative estimate of drug-likeness (QED) is 0.623. The summed E-state index contributed by atoms with van der Waals surface area (Å²) in [5.41, 5.74) is -0.696. The van der Waals surface area contributed by atoms with Crippen LogP contribution < -0.4 is 4.74 Å². The fraction of sp³-hybridized carbons (Fsp3) is 0.571. The summed E-state index contributed by atoms with van der Waals surface area (Å²) >= 11 is 0. The molecule has 0 amide bonds. The molecule has 0 bridgehead atoms. The van der Waals surface area contributed by atoms with Crippen molar-refractivity contribution in [2.45, 2.75) is 45.2 Å². The van der Waals surface area contributed by atoms with E-state index in [0.717, 1.165) is 31.7 Å². The Hall–Kier alpha value is -1.19. The zero-order valence-electron chi connectivity index (χ0n) is 10.6. The molecule has 0 aromatic heterocycles. The van der Waals surface area contributed by atoms with Gasteiger partial charge in [0.1, 0.15) is 5.75 Å². The lowest BCUT2D eigenvalue weighted by Crippen LogP contribution is -2.09. The Morgan fingerprint density at radius 1 is 1.00 bits per heavy atom. The molecule has 0 heterocycles. The molecule has 1 aromatic carbocycles. The Kier molecular flexibility index (Phi) is 6.02. The Labute approximate surface area is 106 Å². The monoisotopic (exact) mass is 260 g/mol. The van der Waals surface area contributed by atoms with E-state index in [0.29, 0.717) is 6.61 Å². The fourth-order valence-corrected chi connectivity index (χ4v) is 1.71. The molecule has 0 spiro atoms. The van der Waals surface area contributed by atoms with Gasteiger partial charge in [-0.15, -0.1) is 0 Å². The molecule has 4 heteroatoms. The van der Waals surface area contributed by atoms with Crippen LogP contribution in [0.15, 0.2) is 24.3 Å². The lowest BCUT2D eigenvalue weighted by Gasteiger charge is -2.13. The van der Waals surface area contributed by atoms with Crippen LogP contribution in [0, 0.1) is 0 Å². The first-order chi connectivity index (χ1) is 8.55. The van der Waals surface area contributed by atoms with E-state index in [1.165, 1.54) is 18.6 Å². The Morgan fingerprint density at radius 2 is 1.67 bits per heavy atom. The van der Waals surface area contributed by atoms with Gasteiger partial charge in [-0.1, -0.05) is 44.7 Å². The normalized spacial score (nSPS) is 11.6. The van der Waals surface area contributed by atoms with Gasteiger partial charge < -0.3 is 4.74 Å². The van der Waals surface area contributed by atoms with E-state index >= 15 is 0 Å². The lowest BCUT2D eigenvalue weighted by atomic mass is 10.1. The molecule has 1 nitrogen and oxygen atoms in total. The van der Waals surface area contributed by atoms with Gasteiger partial charge in [0, 0.05) is 0 Å². The van der Waals surface area contributed by atoms with Crippen LogP contribution in [-0.2, 0) is 6.18 Å². The van der Waals surface area contributed by atoms with Crippen molar-refractivity contribution in [1.29, 1.82) is 0 Å². The molecule has 1 rings (SSSR count). The molecule has 0 N–H and O–H groups in total. The van der Waals surface area contributed by atoms with Crippen LogP contribution in [0.5, 0.6) is 5.75 Å². The largest absolute Gasteiger partial charge is 0.493 e. The second kappa shape index (κ2) is 7.29. The number of hydrogen-bond donors (Lipinski definition) is 0. The highest BCUT2D eigenvalue weighted by molar-refractivity contribution is 5.35. The molecule has 1 aromatic rings. The highest BCUT2D eigenvalue weighted by Crippen LogP contribution is 2.35. The highest BCUT2D eigenvalue weighted by Gasteiger charge is 2.33. The van der Waals surface area contributed by atoms with E-state index in [1.807, 2.05) is 0 Å². The van der Waals surface area contributed by atoms with E-state index in [9.17, 15) is 13.2 Å². The average Bonchev–Trinajstić information content (AvgIpc) is 2.33. The first-order valence-electron chi connectivity index (χ1n) is 6.34. The SMILES string of the molecule is CCCCCCCOc1ccccc1C(F)(F)F. The van der Waals surface area contributed by atoms with Crippen molar-refractivity contribution >= 4 is 0 Å². The maximum Gasteiger partial charge on any atom is 0.419 e. The third kappa shape index (κ3) is 4.98. The smallest absolute Gasteiger partial charge is 0.419 e. The Balaban J connectivity index is 2.43. The molecule has 0 aliphatic heterocycles. The Morgan fingerprint density at radius 3 is 2.33 bits per heavy atom. The molecule has 0 unspecified atom stereocenters. The second-order valence-electron chi connectivity index (χ2n) is 4.26. The molecule has 0 aliphatic rings. The number of ether oxygens (including phenoxy) is 1. The van der Waals surface area contributed by atoms with Gasteiger partial charge in [0.15, 0.2) is 0 Å². The van der Waals surface area contributed by atoms with Crippen molar-refractivity contribution in [3.8, 4) is 5.75 Å². The molecule has 0 aliphatic carbocycles. The first-order valence-corrected chi connectivity index (χ1v) is 6.34. The molecule has 0 saturated heterocycles. The maximum atomic E-state index is 12.6. The first kappa shape index (κ1) is 14.9. The van der Waals surface area contributed by atoms with Gasteiger partial charge >= 0.3 is 6.18 Å². The number of hydrogen-bond acceptors (Lipinski definition) is 1. The van der Waals surface area contributed by atoms with Crippen molar-refractivity contribution in [3.63, 3.8) is 0 Å². The van der Waals surface area contributed by atoms with Gasteiger partial charge in [-0.25, -0.2) is 0 Å². The molecule has 102 valence electrons. The zero-order chi connectivity index (χ0) is 13.4. The molecule has 0 saturated carbocycles. The summed E-state index contributed by atoms with van der Waals surface area (Å²) < 4.78 is 43.2. The molecule has 0 radical (unpaired) electrons. The predicted octanol–water partition coefficient (Wildman–Crippen LogP) is 5.05. The van der Waals surface area contributed by atoms with Gasteiger partial charge in [0.2, 0.25) is 0 Å². The number of rotatable bonds is 7. The van der Waals surface area contributed by atoms with E-state index in [-0.39, 0.29) is 5.75 Å². The number of halogens is 3. The minimum Gasteiger partial charge on any atom is -0.493 e. The molecular formula is C14H19F3O. The summed E-state index contributed by atoms with van der Waals surface area (Å²) in [5.74, 6) is -0.0690. The van der Waals surface area contributed by atoms with Gasteiger partial charge in [-0.3, -0.25) is 0 Å². The van der Waals surface area contributed by atoms with Crippen LogP contribution in [0.2, 0.25) is 0 Å². The van der Waals surface area contributed by atoms with Gasteiger partial charge in [0.25, 0.3) is 0 Å². The minimum atomic E-state index is -4.35. The number of benzene rings is 1. The van der Waals surface area contributed by atoms with Crippen molar-refractivity contribution in [3.05, 3.63) is 29.8 Å². The topological polar surface area (TPSA) is 9.23 Å². The molecule has 0 atom stereocenters. The van der Waals surface area contributed by atoms with Crippen LogP contribution in [0.4, 0.5) is 13.2 Å². The van der Waals surface area contributed by atoms with Crippen molar-refractivity contribution in [1.82, 2.24) is 0 Å². The molecular weight excluding hydrogens is 241 g/mol. The summed E-state index contributed by atoms with van der Waals surface area (Å²) in [6.45, 7) is 2.47. The summed E-state index contributed by atoms with van der Waals surface area (Å²) in [6.07, 6.45) is 0.880.